The van der Waals surface area contributed by atoms with Crippen LogP contribution in [0, 0.1) is 0 Å². The molecule has 21 heavy (non-hydrogen) atoms. The Morgan fingerprint density at radius 1 is 1.29 bits per heavy atom. The zero-order chi connectivity index (χ0) is 15.5. The van der Waals surface area contributed by atoms with Gasteiger partial charge in [-0.2, -0.15) is 13.2 Å². The minimum Gasteiger partial charge on any atom is -0.481 e. The lowest BCUT2D eigenvalue weighted by Crippen LogP contribution is -2.34. The molecule has 0 atom stereocenters. The fourth-order valence-electron chi connectivity index (χ4n) is 2.82. The van der Waals surface area contributed by atoms with Gasteiger partial charge in [-0.3, -0.25) is 4.79 Å². The van der Waals surface area contributed by atoms with Crippen LogP contribution in [0.15, 0.2) is 24.3 Å². The van der Waals surface area contributed by atoms with E-state index in [0.717, 1.165) is 12.1 Å². The zero-order valence-corrected chi connectivity index (χ0v) is 11.4. The second-order valence-corrected chi connectivity index (χ2v) is 5.37. The van der Waals surface area contributed by atoms with Crippen molar-refractivity contribution in [1.82, 2.24) is 0 Å². The number of hydrogen-bond donors (Lipinski definition) is 1. The van der Waals surface area contributed by atoms with Gasteiger partial charge in [-0.05, 0) is 30.9 Å². The average Bonchev–Trinajstić information content (AvgIpc) is 2.45. The molecule has 0 aromatic heterocycles. The van der Waals surface area contributed by atoms with Crippen LogP contribution < -0.4 is 0 Å². The Hall–Kier alpha value is -1.56. The first kappa shape index (κ1) is 15.8. The lowest BCUT2D eigenvalue weighted by atomic mass is 9.70. The molecule has 0 bridgehead atoms. The second kappa shape index (κ2) is 6.05. The first-order chi connectivity index (χ1) is 9.83. The maximum atomic E-state index is 12.9. The van der Waals surface area contributed by atoms with Crippen LogP contribution in [0.1, 0.15) is 36.8 Å². The van der Waals surface area contributed by atoms with E-state index in [-0.39, 0.29) is 6.42 Å². The molecule has 1 aromatic rings. The first-order valence-corrected chi connectivity index (χ1v) is 6.81. The third kappa shape index (κ3) is 3.75. The van der Waals surface area contributed by atoms with Gasteiger partial charge in [-0.1, -0.05) is 18.2 Å². The van der Waals surface area contributed by atoms with Crippen LogP contribution in [-0.4, -0.2) is 24.3 Å². The van der Waals surface area contributed by atoms with E-state index in [1.165, 1.54) is 6.07 Å². The summed E-state index contributed by atoms with van der Waals surface area (Å²) < 4.78 is 43.8. The lowest BCUT2D eigenvalue weighted by molar-refractivity contribution is -0.139. The molecule has 1 heterocycles. The number of carboxylic acid groups (broad SMARTS) is 1. The van der Waals surface area contributed by atoms with Crippen LogP contribution in [0.5, 0.6) is 0 Å². The largest absolute Gasteiger partial charge is 0.481 e. The molecule has 1 aliphatic rings. The van der Waals surface area contributed by atoms with Gasteiger partial charge in [-0.25, -0.2) is 0 Å². The number of carbonyl (C=O) groups is 1. The van der Waals surface area contributed by atoms with E-state index in [0.29, 0.717) is 38.0 Å². The topological polar surface area (TPSA) is 46.5 Å². The van der Waals surface area contributed by atoms with Gasteiger partial charge in [0.15, 0.2) is 0 Å². The third-order valence-corrected chi connectivity index (χ3v) is 4.07. The number of halogens is 3. The fraction of sp³-hybridized carbons (Fsp3) is 0.533. The van der Waals surface area contributed by atoms with Gasteiger partial charge in [-0.15, -0.1) is 0 Å². The number of ether oxygens (including phenoxy) is 1. The third-order valence-electron chi connectivity index (χ3n) is 4.07. The molecule has 0 saturated carbocycles. The molecule has 0 amide bonds. The number of hydrogen-bond acceptors (Lipinski definition) is 2. The molecule has 1 N–H and O–H groups in total. The highest BCUT2D eigenvalue weighted by atomic mass is 19.4. The standard InChI is InChI=1S/C15H17F3O3/c16-15(17,18)12-3-1-2-11(10-12)14(5-4-13(19)20)6-8-21-9-7-14/h1-3,10H,4-9H2,(H,19,20). The lowest BCUT2D eigenvalue weighted by Gasteiger charge is -2.38. The van der Waals surface area contributed by atoms with Crippen LogP contribution in [0.25, 0.3) is 0 Å². The zero-order valence-electron chi connectivity index (χ0n) is 11.4. The molecular formula is C15H17F3O3. The number of aliphatic carboxylic acids is 1. The molecule has 1 saturated heterocycles. The smallest absolute Gasteiger partial charge is 0.416 e. The molecule has 116 valence electrons. The summed E-state index contributed by atoms with van der Waals surface area (Å²) in [6.07, 6.45) is -3.04. The summed E-state index contributed by atoms with van der Waals surface area (Å²) in [6, 6.07) is 5.22. The molecule has 1 aromatic carbocycles. The van der Waals surface area contributed by atoms with Gasteiger partial charge < -0.3 is 9.84 Å². The first-order valence-electron chi connectivity index (χ1n) is 6.81. The van der Waals surface area contributed by atoms with Crippen molar-refractivity contribution in [2.24, 2.45) is 0 Å². The van der Waals surface area contributed by atoms with Gasteiger partial charge in [0.25, 0.3) is 0 Å². The summed E-state index contributed by atoms with van der Waals surface area (Å²) in [6.45, 7) is 0.881. The van der Waals surface area contributed by atoms with Crippen molar-refractivity contribution in [2.75, 3.05) is 13.2 Å². The van der Waals surface area contributed by atoms with Gasteiger partial charge in [0.2, 0.25) is 0 Å². The van der Waals surface area contributed by atoms with E-state index in [4.69, 9.17) is 9.84 Å². The molecule has 0 aliphatic carbocycles. The maximum Gasteiger partial charge on any atom is 0.416 e. The number of benzene rings is 1. The maximum absolute atomic E-state index is 12.9. The highest BCUT2D eigenvalue weighted by molar-refractivity contribution is 5.66. The highest BCUT2D eigenvalue weighted by Crippen LogP contribution is 2.41. The SMILES string of the molecule is O=C(O)CCC1(c2cccc(C(F)(F)F)c2)CCOCC1. The molecule has 2 rings (SSSR count). The summed E-state index contributed by atoms with van der Waals surface area (Å²) in [4.78, 5) is 10.8. The Labute approximate surface area is 120 Å². The summed E-state index contributed by atoms with van der Waals surface area (Å²) >= 11 is 0. The molecule has 0 radical (unpaired) electrons. The van der Waals surface area contributed by atoms with Crippen LogP contribution in [0.4, 0.5) is 13.2 Å². The van der Waals surface area contributed by atoms with Crippen LogP contribution in [0.3, 0.4) is 0 Å². The van der Waals surface area contributed by atoms with Crippen molar-refractivity contribution in [3.63, 3.8) is 0 Å². The molecule has 3 nitrogen and oxygen atoms in total. The predicted molar refractivity (Wildman–Crippen MR) is 70.0 cm³/mol. The van der Waals surface area contributed by atoms with E-state index in [1.807, 2.05) is 0 Å². The Morgan fingerprint density at radius 2 is 1.95 bits per heavy atom. The minimum atomic E-state index is -4.39. The second-order valence-electron chi connectivity index (χ2n) is 5.37. The molecule has 0 spiro atoms. The van der Waals surface area contributed by atoms with Crippen LogP contribution in [-0.2, 0) is 21.1 Å². The monoisotopic (exact) mass is 302 g/mol. The molecule has 0 unspecified atom stereocenters. The normalized spacial score (nSPS) is 18.4. The van der Waals surface area contributed by atoms with Crippen molar-refractivity contribution < 1.29 is 27.8 Å². The number of rotatable bonds is 4. The van der Waals surface area contributed by atoms with Crippen molar-refractivity contribution in [3.05, 3.63) is 35.4 Å². The molecule has 1 aliphatic heterocycles. The predicted octanol–water partition coefficient (Wildman–Crippen LogP) is 3.62. The average molecular weight is 302 g/mol. The van der Waals surface area contributed by atoms with E-state index >= 15 is 0 Å². The van der Waals surface area contributed by atoms with Gasteiger partial charge in [0.05, 0.1) is 5.56 Å². The molecular weight excluding hydrogens is 285 g/mol. The molecule has 1 fully saturated rings. The van der Waals surface area contributed by atoms with Gasteiger partial charge >= 0.3 is 12.1 Å². The number of carboxylic acids is 1. The van der Waals surface area contributed by atoms with Crippen molar-refractivity contribution >= 4 is 5.97 Å². The summed E-state index contributed by atoms with van der Waals surface area (Å²) in [5.74, 6) is -0.937. The van der Waals surface area contributed by atoms with Crippen molar-refractivity contribution in [2.45, 2.75) is 37.3 Å². The Kier molecular flexibility index (Phi) is 4.56. The van der Waals surface area contributed by atoms with E-state index in [9.17, 15) is 18.0 Å². The van der Waals surface area contributed by atoms with Crippen LogP contribution in [0.2, 0.25) is 0 Å². The van der Waals surface area contributed by atoms with Gasteiger partial charge in [0.1, 0.15) is 0 Å². The van der Waals surface area contributed by atoms with E-state index in [1.54, 1.807) is 6.07 Å². The Balaban J connectivity index is 2.34. The van der Waals surface area contributed by atoms with Crippen molar-refractivity contribution in [3.8, 4) is 0 Å². The number of alkyl halides is 3. The van der Waals surface area contributed by atoms with E-state index < -0.39 is 23.1 Å². The Morgan fingerprint density at radius 3 is 2.52 bits per heavy atom. The fourth-order valence-corrected chi connectivity index (χ4v) is 2.82. The van der Waals surface area contributed by atoms with Crippen molar-refractivity contribution in [1.29, 1.82) is 0 Å². The van der Waals surface area contributed by atoms with Crippen LogP contribution >= 0.6 is 0 Å². The molecule has 6 heteroatoms. The summed E-state index contributed by atoms with van der Waals surface area (Å²) in [5.41, 5.74) is -0.680. The Bertz CT molecular complexity index is 505. The summed E-state index contributed by atoms with van der Waals surface area (Å²) in [7, 11) is 0. The van der Waals surface area contributed by atoms with E-state index in [2.05, 4.69) is 0 Å². The minimum absolute atomic E-state index is 0.0593. The summed E-state index contributed by atoms with van der Waals surface area (Å²) in [5, 5.41) is 8.88. The highest BCUT2D eigenvalue weighted by Gasteiger charge is 2.37. The van der Waals surface area contributed by atoms with Gasteiger partial charge in [0, 0.05) is 25.0 Å². The quantitative estimate of drug-likeness (QED) is 0.924.